The van der Waals surface area contributed by atoms with Gasteiger partial charge in [-0.3, -0.25) is 0 Å². The number of nitrogens with one attached hydrogen (secondary N) is 1. The molecule has 0 spiro atoms. The standard InChI is InChI=1S/C11H7N3O3/c15-10-11(16)13-9-7(12-10)5-3-1-2-4-6(5)8(9)14-17/h1-4,13,15-16H. The SMILES string of the molecule is O=Nc1c2[nH]c(O)c(O)nc-2c2ccccc12. The molecule has 1 aromatic rings. The fourth-order valence-corrected chi connectivity index (χ4v) is 1.94. The lowest BCUT2D eigenvalue weighted by Gasteiger charge is -2.02. The Kier molecular flexibility index (Phi) is 1.79. The predicted molar refractivity (Wildman–Crippen MR) is 61.5 cm³/mol. The highest BCUT2D eigenvalue weighted by molar-refractivity contribution is 6.10. The predicted octanol–water partition coefficient (Wildman–Crippen LogP) is 2.48. The van der Waals surface area contributed by atoms with E-state index < -0.39 is 11.8 Å². The number of hydrogen-bond acceptors (Lipinski definition) is 5. The molecule has 1 heterocycles. The van der Waals surface area contributed by atoms with Gasteiger partial charge < -0.3 is 15.2 Å². The molecular weight excluding hydrogens is 222 g/mol. The van der Waals surface area contributed by atoms with Crippen molar-refractivity contribution in [3.05, 3.63) is 29.2 Å². The van der Waals surface area contributed by atoms with Crippen LogP contribution in [0.2, 0.25) is 0 Å². The van der Waals surface area contributed by atoms with E-state index in [0.717, 1.165) is 0 Å². The van der Waals surface area contributed by atoms with E-state index >= 15 is 0 Å². The van der Waals surface area contributed by atoms with Crippen molar-refractivity contribution in [3.63, 3.8) is 0 Å². The van der Waals surface area contributed by atoms with Crippen LogP contribution in [-0.2, 0) is 0 Å². The highest BCUT2D eigenvalue weighted by atomic mass is 16.3. The highest BCUT2D eigenvalue weighted by Crippen LogP contribution is 2.44. The van der Waals surface area contributed by atoms with E-state index in [1.807, 2.05) is 0 Å². The van der Waals surface area contributed by atoms with Crippen LogP contribution in [-0.4, -0.2) is 20.2 Å². The molecule has 6 nitrogen and oxygen atoms in total. The number of nitrogens with zero attached hydrogens (tertiary/aromatic N) is 2. The molecule has 17 heavy (non-hydrogen) atoms. The maximum absolute atomic E-state index is 10.8. The molecule has 3 rings (SSSR count). The Labute approximate surface area is 94.9 Å². The smallest absolute Gasteiger partial charge is 0.273 e. The first-order chi connectivity index (χ1) is 8.22. The molecule has 0 fully saturated rings. The summed E-state index contributed by atoms with van der Waals surface area (Å²) in [6.45, 7) is 0. The quantitative estimate of drug-likeness (QED) is 0.558. The number of aromatic nitrogens is 2. The zero-order chi connectivity index (χ0) is 12.0. The van der Waals surface area contributed by atoms with Crippen LogP contribution in [0.4, 0.5) is 5.69 Å². The summed E-state index contributed by atoms with van der Waals surface area (Å²) in [6, 6.07) is 7.07. The van der Waals surface area contributed by atoms with E-state index in [-0.39, 0.29) is 5.69 Å². The molecule has 1 aliphatic carbocycles. The van der Waals surface area contributed by atoms with Crippen LogP contribution in [0.15, 0.2) is 29.4 Å². The first-order valence-electron chi connectivity index (χ1n) is 4.88. The van der Waals surface area contributed by atoms with E-state index in [9.17, 15) is 15.1 Å². The summed E-state index contributed by atoms with van der Waals surface area (Å²) in [5.41, 5.74) is 0.903. The summed E-state index contributed by atoms with van der Waals surface area (Å²) in [5, 5.41) is 23.0. The van der Waals surface area contributed by atoms with Crippen molar-refractivity contribution in [2.75, 3.05) is 0 Å². The van der Waals surface area contributed by atoms with E-state index in [2.05, 4.69) is 15.1 Å². The minimum Gasteiger partial charge on any atom is -0.491 e. The second-order valence-electron chi connectivity index (χ2n) is 3.62. The summed E-state index contributed by atoms with van der Waals surface area (Å²) in [4.78, 5) is 17.2. The Morgan fingerprint density at radius 2 is 1.88 bits per heavy atom. The van der Waals surface area contributed by atoms with E-state index in [1.165, 1.54) is 0 Å². The van der Waals surface area contributed by atoms with Gasteiger partial charge in [-0.2, -0.15) is 0 Å². The molecule has 0 aromatic heterocycles. The average molecular weight is 229 g/mol. The Morgan fingerprint density at radius 1 is 1.18 bits per heavy atom. The molecule has 84 valence electrons. The Morgan fingerprint density at radius 3 is 2.59 bits per heavy atom. The summed E-state index contributed by atoms with van der Waals surface area (Å²) < 4.78 is 0. The number of rotatable bonds is 1. The van der Waals surface area contributed by atoms with Crippen LogP contribution >= 0.6 is 0 Å². The largest absolute Gasteiger partial charge is 0.491 e. The molecule has 0 bridgehead atoms. The summed E-state index contributed by atoms with van der Waals surface area (Å²) >= 11 is 0. The van der Waals surface area contributed by atoms with E-state index in [0.29, 0.717) is 22.2 Å². The maximum Gasteiger partial charge on any atom is 0.273 e. The van der Waals surface area contributed by atoms with Gasteiger partial charge in [-0.15, -0.1) is 4.91 Å². The Hall–Kier alpha value is -2.63. The van der Waals surface area contributed by atoms with Crippen molar-refractivity contribution in [2.24, 2.45) is 5.18 Å². The van der Waals surface area contributed by atoms with Gasteiger partial charge in [0.05, 0.1) is 5.69 Å². The van der Waals surface area contributed by atoms with Gasteiger partial charge in [0.15, 0.2) is 0 Å². The van der Waals surface area contributed by atoms with Gasteiger partial charge in [0.25, 0.3) is 11.8 Å². The number of H-pyrrole nitrogens is 1. The van der Waals surface area contributed by atoms with Gasteiger partial charge in [-0.25, -0.2) is 4.98 Å². The normalized spacial score (nSPS) is 11.1. The molecule has 0 radical (unpaired) electrons. The van der Waals surface area contributed by atoms with Crippen LogP contribution in [0.5, 0.6) is 11.8 Å². The number of aromatic hydroxyl groups is 2. The molecule has 2 aliphatic rings. The van der Waals surface area contributed by atoms with Crippen molar-refractivity contribution in [3.8, 4) is 23.1 Å². The monoisotopic (exact) mass is 229 g/mol. The van der Waals surface area contributed by atoms with Gasteiger partial charge >= 0.3 is 0 Å². The van der Waals surface area contributed by atoms with Gasteiger partial charge in [-0.05, 0) is 5.18 Å². The van der Waals surface area contributed by atoms with E-state index in [4.69, 9.17) is 0 Å². The van der Waals surface area contributed by atoms with Gasteiger partial charge in [0.1, 0.15) is 11.4 Å². The van der Waals surface area contributed by atoms with Crippen LogP contribution in [0.25, 0.3) is 22.2 Å². The van der Waals surface area contributed by atoms with Crippen LogP contribution in [0.1, 0.15) is 0 Å². The number of aromatic amines is 1. The van der Waals surface area contributed by atoms with Crippen LogP contribution in [0.3, 0.4) is 0 Å². The molecule has 6 heteroatoms. The lowest BCUT2D eigenvalue weighted by Crippen LogP contribution is -1.87. The molecule has 0 atom stereocenters. The molecule has 3 N–H and O–H groups in total. The van der Waals surface area contributed by atoms with Gasteiger partial charge in [0.2, 0.25) is 0 Å². The lowest BCUT2D eigenvalue weighted by atomic mass is 10.2. The molecule has 1 aliphatic heterocycles. The van der Waals surface area contributed by atoms with Crippen molar-refractivity contribution >= 4 is 16.5 Å². The third kappa shape index (κ3) is 1.17. The molecular formula is C11H7N3O3. The first kappa shape index (κ1) is 9.59. The van der Waals surface area contributed by atoms with Crippen molar-refractivity contribution in [2.45, 2.75) is 0 Å². The summed E-state index contributed by atoms with van der Waals surface area (Å²) in [5.74, 6) is -0.997. The summed E-state index contributed by atoms with van der Waals surface area (Å²) in [6.07, 6.45) is 0. The second kappa shape index (κ2) is 3.18. The topological polar surface area (TPSA) is 98.6 Å². The molecule has 0 amide bonds. The second-order valence-corrected chi connectivity index (χ2v) is 3.62. The lowest BCUT2D eigenvalue weighted by molar-refractivity contribution is 0.375. The number of hydrogen-bond donors (Lipinski definition) is 3. The van der Waals surface area contributed by atoms with E-state index in [1.54, 1.807) is 24.3 Å². The molecule has 1 aromatic carbocycles. The first-order valence-corrected chi connectivity index (χ1v) is 4.88. The fraction of sp³-hybridized carbons (Fsp3) is 0. The van der Waals surface area contributed by atoms with Gasteiger partial charge in [0, 0.05) is 10.8 Å². The highest BCUT2D eigenvalue weighted by Gasteiger charge is 2.22. The van der Waals surface area contributed by atoms with Gasteiger partial charge in [-0.1, -0.05) is 24.3 Å². The third-order valence-corrected chi connectivity index (χ3v) is 2.68. The fourth-order valence-electron chi connectivity index (χ4n) is 1.94. The number of benzene rings is 1. The van der Waals surface area contributed by atoms with Crippen LogP contribution in [0, 0.1) is 4.91 Å². The molecule has 0 unspecified atom stereocenters. The molecule has 0 saturated carbocycles. The van der Waals surface area contributed by atoms with Crippen molar-refractivity contribution in [1.82, 2.24) is 9.97 Å². The van der Waals surface area contributed by atoms with Crippen molar-refractivity contribution in [1.29, 1.82) is 0 Å². The third-order valence-electron chi connectivity index (χ3n) is 2.68. The number of fused-ring (bicyclic) bond motifs is 3. The minimum atomic E-state index is -0.509. The zero-order valence-electron chi connectivity index (χ0n) is 8.51. The minimum absolute atomic E-state index is 0.179. The Bertz CT molecular complexity index is 705. The van der Waals surface area contributed by atoms with Crippen molar-refractivity contribution < 1.29 is 10.2 Å². The average Bonchev–Trinajstić information content (AvgIpc) is 2.63. The summed E-state index contributed by atoms with van der Waals surface area (Å²) in [7, 11) is 0. The Balaban J connectivity index is 2.57. The number of nitroso groups, excluding NO2 is 1. The van der Waals surface area contributed by atoms with Crippen LogP contribution < -0.4 is 0 Å². The molecule has 0 saturated heterocycles. The maximum atomic E-state index is 10.8. The zero-order valence-corrected chi connectivity index (χ0v) is 8.51.